The van der Waals surface area contributed by atoms with Crippen LogP contribution in [0.1, 0.15) is 11.3 Å². The molecule has 0 aliphatic rings. The second-order valence-corrected chi connectivity index (χ2v) is 7.18. The quantitative estimate of drug-likeness (QED) is 0.266. The van der Waals surface area contributed by atoms with Crippen LogP contribution in [-0.2, 0) is 6.54 Å². The highest BCUT2D eigenvalue weighted by atomic mass is 35.5. The van der Waals surface area contributed by atoms with E-state index in [9.17, 15) is 0 Å². The highest BCUT2D eigenvalue weighted by Gasteiger charge is 2.16. The van der Waals surface area contributed by atoms with Crippen LogP contribution >= 0.6 is 11.6 Å². The number of imidazole rings is 1. The molecule has 0 fully saturated rings. The van der Waals surface area contributed by atoms with Crippen molar-refractivity contribution in [1.29, 1.82) is 0 Å². The molecule has 4 rings (SSSR count). The van der Waals surface area contributed by atoms with Gasteiger partial charge in [0.15, 0.2) is 0 Å². The first kappa shape index (κ1) is 18.9. The average Bonchev–Trinajstić information content (AvgIpc) is 3.10. The summed E-state index contributed by atoms with van der Waals surface area (Å²) in [5.74, 6) is 6.20. The molecule has 4 aromatic rings. The lowest BCUT2D eigenvalue weighted by Gasteiger charge is -2.16. The van der Waals surface area contributed by atoms with Gasteiger partial charge in [-0.15, -0.1) is 0 Å². The summed E-state index contributed by atoms with van der Waals surface area (Å²) in [7, 11) is 0. The summed E-state index contributed by atoms with van der Waals surface area (Å²) < 4.78 is 1.95. The van der Waals surface area contributed by atoms with Crippen LogP contribution < -0.4 is 17.3 Å². The molecule has 6 N–H and O–H groups in total. The van der Waals surface area contributed by atoms with Crippen molar-refractivity contribution >= 4 is 28.6 Å². The third-order valence-corrected chi connectivity index (χ3v) is 4.82. The third kappa shape index (κ3) is 4.03. The molecule has 0 spiro atoms. The van der Waals surface area contributed by atoms with Gasteiger partial charge in [-0.05, 0) is 42.0 Å². The maximum Gasteiger partial charge on any atom is 0.137 e. The first-order valence-corrected chi connectivity index (χ1v) is 9.45. The molecule has 0 aliphatic carbocycles. The van der Waals surface area contributed by atoms with E-state index >= 15 is 0 Å². The summed E-state index contributed by atoms with van der Waals surface area (Å²) in [4.78, 5) is 4.76. The Hall–Kier alpha value is -3.48. The van der Waals surface area contributed by atoms with Crippen molar-refractivity contribution in [1.82, 2.24) is 14.4 Å². The molecule has 0 amide bonds. The second-order valence-electron chi connectivity index (χ2n) is 6.74. The molecule has 0 bridgehead atoms. The van der Waals surface area contributed by atoms with Crippen molar-refractivity contribution in [2.75, 3.05) is 5.73 Å². The van der Waals surface area contributed by atoms with Crippen LogP contribution in [0.15, 0.2) is 79.1 Å². The first-order chi connectivity index (χ1) is 14.0. The normalized spacial score (nSPS) is 11.7. The fourth-order valence-electron chi connectivity index (χ4n) is 3.20. The zero-order valence-electron chi connectivity index (χ0n) is 15.7. The summed E-state index contributed by atoms with van der Waals surface area (Å²) in [5, 5.41) is 2.22. The number of hydrazine groups is 1. The maximum atomic E-state index is 6.48. The van der Waals surface area contributed by atoms with E-state index in [0.717, 1.165) is 28.2 Å². The Labute approximate surface area is 173 Å². The van der Waals surface area contributed by atoms with Crippen molar-refractivity contribution in [3.63, 3.8) is 0 Å². The van der Waals surface area contributed by atoms with Gasteiger partial charge in [0.05, 0.1) is 23.6 Å². The Balaban J connectivity index is 1.73. The molecule has 7 heteroatoms. The van der Waals surface area contributed by atoms with Crippen LogP contribution in [0, 0.1) is 0 Å². The minimum atomic E-state index is 0.494. The topological polar surface area (TPSA) is 98.6 Å². The largest absolute Gasteiger partial charge is 0.399 e. The zero-order valence-corrected chi connectivity index (χ0v) is 16.4. The molecule has 146 valence electrons. The number of rotatable bonds is 5. The number of fused-ring (bicyclic) bond motifs is 1. The molecule has 2 aromatic carbocycles. The van der Waals surface area contributed by atoms with E-state index in [1.807, 2.05) is 77.3 Å². The third-order valence-electron chi connectivity index (χ3n) is 4.57. The molecule has 0 aliphatic heterocycles. The van der Waals surface area contributed by atoms with E-state index in [1.165, 1.54) is 0 Å². The van der Waals surface area contributed by atoms with Crippen LogP contribution in [0.4, 0.5) is 5.69 Å². The van der Waals surface area contributed by atoms with E-state index in [1.54, 1.807) is 11.2 Å². The Bertz CT molecular complexity index is 1160. The summed E-state index contributed by atoms with van der Waals surface area (Å²) in [6.07, 6.45) is 3.64. The molecule has 29 heavy (non-hydrogen) atoms. The van der Waals surface area contributed by atoms with Crippen LogP contribution in [0.5, 0.6) is 0 Å². The molecular weight excluding hydrogens is 384 g/mol. The number of pyridine rings is 1. The van der Waals surface area contributed by atoms with Gasteiger partial charge in [0.2, 0.25) is 0 Å². The lowest BCUT2D eigenvalue weighted by atomic mass is 10.1. The monoisotopic (exact) mass is 404 g/mol. The molecule has 0 saturated heterocycles. The van der Waals surface area contributed by atoms with E-state index in [4.69, 9.17) is 33.9 Å². The van der Waals surface area contributed by atoms with Crippen LogP contribution in [0.2, 0.25) is 5.02 Å². The molecule has 0 atom stereocenters. The van der Waals surface area contributed by atoms with E-state index in [0.29, 0.717) is 23.0 Å². The van der Waals surface area contributed by atoms with Gasteiger partial charge in [-0.2, -0.15) is 0 Å². The Morgan fingerprint density at radius 2 is 1.76 bits per heavy atom. The van der Waals surface area contributed by atoms with Crippen molar-refractivity contribution in [2.24, 2.45) is 11.6 Å². The Kier molecular flexibility index (Phi) is 5.12. The predicted octanol–water partition coefficient (Wildman–Crippen LogP) is 3.87. The van der Waals surface area contributed by atoms with Crippen LogP contribution in [0.3, 0.4) is 0 Å². The summed E-state index contributed by atoms with van der Waals surface area (Å²) in [6, 6.07) is 20.9. The van der Waals surface area contributed by atoms with Gasteiger partial charge in [-0.25, -0.2) is 10.8 Å². The molecule has 6 nitrogen and oxygen atoms in total. The van der Waals surface area contributed by atoms with Gasteiger partial charge >= 0.3 is 0 Å². The summed E-state index contributed by atoms with van der Waals surface area (Å²) in [6.45, 7) is 0.494. The average molecular weight is 405 g/mol. The van der Waals surface area contributed by atoms with Gasteiger partial charge < -0.3 is 16.5 Å². The van der Waals surface area contributed by atoms with Crippen molar-refractivity contribution in [2.45, 2.75) is 6.54 Å². The van der Waals surface area contributed by atoms with E-state index in [2.05, 4.69) is 0 Å². The smallest absolute Gasteiger partial charge is 0.137 e. The number of aromatic nitrogens is 2. The van der Waals surface area contributed by atoms with Gasteiger partial charge in [0, 0.05) is 28.7 Å². The summed E-state index contributed by atoms with van der Waals surface area (Å²) >= 11 is 6.04. The summed E-state index contributed by atoms with van der Waals surface area (Å²) in [5.41, 5.74) is 17.7. The van der Waals surface area contributed by atoms with Gasteiger partial charge in [0.25, 0.3) is 0 Å². The number of benzene rings is 2. The molecular formula is C22H21ClN6. The number of nitrogen functional groups attached to an aromatic ring is 1. The van der Waals surface area contributed by atoms with Crippen molar-refractivity contribution in [3.05, 3.63) is 95.4 Å². The SMILES string of the molecule is N/C(=C\N(N)Cc1ccc(N)cc1)c1c(-c2ccc(Cl)cc2)nc2ccccn12. The van der Waals surface area contributed by atoms with E-state index < -0.39 is 0 Å². The van der Waals surface area contributed by atoms with Crippen LogP contribution in [0.25, 0.3) is 22.6 Å². The second kappa shape index (κ2) is 7.87. The maximum absolute atomic E-state index is 6.48. The molecule has 2 heterocycles. The molecule has 2 aromatic heterocycles. The van der Waals surface area contributed by atoms with E-state index in [-0.39, 0.29) is 0 Å². The molecule has 0 unspecified atom stereocenters. The molecule has 0 saturated carbocycles. The highest BCUT2D eigenvalue weighted by Crippen LogP contribution is 2.29. The van der Waals surface area contributed by atoms with Gasteiger partial charge in [-0.3, -0.25) is 4.40 Å². The lowest BCUT2D eigenvalue weighted by Crippen LogP contribution is -2.26. The van der Waals surface area contributed by atoms with Crippen molar-refractivity contribution in [3.8, 4) is 11.3 Å². The fraction of sp³-hybridized carbons (Fsp3) is 0.0455. The number of nitrogens with two attached hydrogens (primary N) is 3. The van der Waals surface area contributed by atoms with Gasteiger partial charge in [-0.1, -0.05) is 41.9 Å². The Morgan fingerprint density at radius 3 is 2.48 bits per heavy atom. The number of hydrogen-bond acceptors (Lipinski definition) is 5. The minimum absolute atomic E-state index is 0.494. The predicted molar refractivity (Wildman–Crippen MR) is 118 cm³/mol. The number of nitrogens with zero attached hydrogens (tertiary/aromatic N) is 3. The highest BCUT2D eigenvalue weighted by molar-refractivity contribution is 6.30. The standard InChI is InChI=1S/C22H21ClN6/c23-17-8-6-16(7-9-17)21-22(29-12-2-1-3-20(29)27-21)19(25)14-28(26)13-15-4-10-18(24)11-5-15/h1-12,14H,13,24-26H2/b19-14-. The fourth-order valence-corrected chi connectivity index (χ4v) is 3.33. The van der Waals surface area contributed by atoms with Gasteiger partial charge in [0.1, 0.15) is 5.65 Å². The molecule has 0 radical (unpaired) electrons. The number of hydrogen-bond donors (Lipinski definition) is 3. The first-order valence-electron chi connectivity index (χ1n) is 9.08. The number of halogens is 1. The van der Waals surface area contributed by atoms with Crippen LogP contribution in [-0.4, -0.2) is 14.4 Å². The Morgan fingerprint density at radius 1 is 1.03 bits per heavy atom. The number of anilines is 1. The minimum Gasteiger partial charge on any atom is -0.399 e. The lowest BCUT2D eigenvalue weighted by molar-refractivity contribution is 0.388. The van der Waals surface area contributed by atoms with Crippen molar-refractivity contribution < 1.29 is 0 Å². The zero-order chi connectivity index (χ0) is 20.4.